The fraction of sp³-hybridized carbons (Fsp3) is 0.625. The number of aliphatic imine (C=N–C) groups is 1. The predicted octanol–water partition coefficient (Wildman–Crippen LogP) is 2.74. The number of thiazole rings is 1. The molecule has 2 aromatic heterocycles. The lowest BCUT2D eigenvalue weighted by Crippen LogP contribution is -2.40. The highest BCUT2D eigenvalue weighted by molar-refractivity contribution is 7.15. The van der Waals surface area contributed by atoms with E-state index in [1.807, 2.05) is 7.05 Å². The number of likely N-dealkylation sites (tertiary alicyclic amines) is 1. The summed E-state index contributed by atoms with van der Waals surface area (Å²) >= 11 is 1.67. The van der Waals surface area contributed by atoms with Gasteiger partial charge in [-0.25, -0.2) is 4.98 Å². The molecule has 1 N–H and O–H groups in total. The van der Waals surface area contributed by atoms with Gasteiger partial charge in [-0.2, -0.15) is 0 Å². The van der Waals surface area contributed by atoms with E-state index in [1.165, 1.54) is 38.6 Å². The molecule has 2 fully saturated rings. The average molecular weight is 317 g/mol. The zero-order valence-corrected chi connectivity index (χ0v) is 13.9. The van der Waals surface area contributed by atoms with Crippen molar-refractivity contribution < 1.29 is 0 Å². The Morgan fingerprint density at radius 2 is 2.27 bits per heavy atom. The first-order valence-corrected chi connectivity index (χ1v) is 9.03. The van der Waals surface area contributed by atoms with Crippen molar-refractivity contribution in [2.75, 3.05) is 20.1 Å². The van der Waals surface area contributed by atoms with Crippen molar-refractivity contribution in [3.05, 3.63) is 23.5 Å². The smallest absolute Gasteiger partial charge is 0.193 e. The van der Waals surface area contributed by atoms with Crippen molar-refractivity contribution >= 4 is 22.3 Å². The molecular formula is C16H23N5S. The minimum atomic E-state index is 0.578. The summed E-state index contributed by atoms with van der Waals surface area (Å²) in [6.07, 6.45) is 11.1. The third-order valence-electron chi connectivity index (χ3n) is 5.18. The van der Waals surface area contributed by atoms with Crippen LogP contribution < -0.4 is 5.32 Å². The van der Waals surface area contributed by atoms with Crippen molar-refractivity contribution in [3.63, 3.8) is 0 Å². The first-order chi connectivity index (χ1) is 10.8. The third-order valence-corrected chi connectivity index (χ3v) is 5.96. The van der Waals surface area contributed by atoms with Crippen LogP contribution in [0.25, 0.3) is 4.96 Å². The first-order valence-electron chi connectivity index (χ1n) is 8.15. The molecule has 22 heavy (non-hydrogen) atoms. The summed E-state index contributed by atoms with van der Waals surface area (Å²) in [6.45, 7) is 3.05. The Morgan fingerprint density at radius 3 is 3.05 bits per heavy atom. The van der Waals surface area contributed by atoms with E-state index in [1.54, 1.807) is 11.3 Å². The number of fused-ring (bicyclic) bond motifs is 1. The Morgan fingerprint density at radius 1 is 1.41 bits per heavy atom. The summed E-state index contributed by atoms with van der Waals surface area (Å²) in [4.78, 5) is 12.6. The van der Waals surface area contributed by atoms with Crippen LogP contribution >= 0.6 is 11.3 Å². The number of guanidine groups is 1. The monoisotopic (exact) mass is 317 g/mol. The van der Waals surface area contributed by atoms with E-state index in [2.05, 4.69) is 42.4 Å². The van der Waals surface area contributed by atoms with Crippen molar-refractivity contribution in [2.24, 2.45) is 10.4 Å². The number of hydrogen-bond acceptors (Lipinski definition) is 3. The molecule has 1 aliphatic carbocycles. The highest BCUT2D eigenvalue weighted by atomic mass is 32.1. The predicted molar refractivity (Wildman–Crippen MR) is 90.4 cm³/mol. The van der Waals surface area contributed by atoms with Gasteiger partial charge in [0.15, 0.2) is 10.9 Å². The third kappa shape index (κ3) is 2.49. The first kappa shape index (κ1) is 14.1. The summed E-state index contributed by atoms with van der Waals surface area (Å²) < 4.78 is 2.08. The minimum absolute atomic E-state index is 0.578. The van der Waals surface area contributed by atoms with E-state index in [0.29, 0.717) is 5.41 Å². The normalized spacial score (nSPS) is 21.3. The standard InChI is InChI=1S/C16H23N5S/c1-17-14(21-7-6-16(12-21)4-2-3-5-16)18-10-13-11-20-8-9-22-15(20)19-13/h8-9,11H,2-7,10,12H2,1H3,(H,17,18). The maximum absolute atomic E-state index is 4.62. The summed E-state index contributed by atoms with van der Waals surface area (Å²) in [5.41, 5.74) is 1.65. The van der Waals surface area contributed by atoms with Crippen LogP contribution in [0.3, 0.4) is 0 Å². The Labute approximate surface area is 135 Å². The van der Waals surface area contributed by atoms with Crippen LogP contribution in [0.15, 0.2) is 22.8 Å². The Bertz CT molecular complexity index is 651. The molecule has 1 spiro atoms. The number of nitrogens with zero attached hydrogens (tertiary/aromatic N) is 4. The van der Waals surface area contributed by atoms with Gasteiger partial charge in [0, 0.05) is 37.9 Å². The molecule has 0 atom stereocenters. The molecule has 0 bridgehead atoms. The molecule has 4 rings (SSSR count). The molecule has 0 radical (unpaired) electrons. The largest absolute Gasteiger partial charge is 0.351 e. The lowest BCUT2D eigenvalue weighted by molar-refractivity contribution is 0.309. The molecule has 1 aliphatic heterocycles. The van der Waals surface area contributed by atoms with Gasteiger partial charge in [0.1, 0.15) is 0 Å². The molecule has 5 nitrogen and oxygen atoms in total. The number of rotatable bonds is 2. The molecule has 3 heterocycles. The fourth-order valence-corrected chi connectivity index (χ4v) is 4.73. The van der Waals surface area contributed by atoms with Crippen LogP contribution in [-0.2, 0) is 6.54 Å². The van der Waals surface area contributed by atoms with Gasteiger partial charge in [-0.1, -0.05) is 12.8 Å². The molecule has 0 unspecified atom stereocenters. The minimum Gasteiger partial charge on any atom is -0.351 e. The maximum atomic E-state index is 4.62. The number of aromatic nitrogens is 2. The average Bonchev–Trinajstić information content (AvgIpc) is 3.26. The van der Waals surface area contributed by atoms with Gasteiger partial charge in [-0.15, -0.1) is 11.3 Å². The highest BCUT2D eigenvalue weighted by Crippen LogP contribution is 2.45. The van der Waals surface area contributed by atoms with Crippen molar-refractivity contribution in [2.45, 2.75) is 38.6 Å². The van der Waals surface area contributed by atoms with Crippen LogP contribution in [0.4, 0.5) is 0 Å². The van der Waals surface area contributed by atoms with Crippen LogP contribution in [0.5, 0.6) is 0 Å². The van der Waals surface area contributed by atoms with Crippen LogP contribution in [0.2, 0.25) is 0 Å². The van der Waals surface area contributed by atoms with E-state index in [-0.39, 0.29) is 0 Å². The van der Waals surface area contributed by atoms with E-state index >= 15 is 0 Å². The fourth-order valence-electron chi connectivity index (χ4n) is 4.01. The van der Waals surface area contributed by atoms with Gasteiger partial charge in [0.05, 0.1) is 12.2 Å². The van der Waals surface area contributed by atoms with Gasteiger partial charge >= 0.3 is 0 Å². The second kappa shape index (κ2) is 5.57. The molecule has 1 saturated heterocycles. The highest BCUT2D eigenvalue weighted by Gasteiger charge is 2.41. The SMILES string of the molecule is CN=C(NCc1cn2ccsc2n1)N1CCC2(CCCC2)C1. The molecule has 1 saturated carbocycles. The van der Waals surface area contributed by atoms with E-state index in [0.717, 1.165) is 29.7 Å². The molecule has 2 aliphatic rings. The van der Waals surface area contributed by atoms with Gasteiger partial charge in [0.2, 0.25) is 0 Å². The second-order valence-electron chi connectivity index (χ2n) is 6.60. The van der Waals surface area contributed by atoms with E-state index in [4.69, 9.17) is 0 Å². The summed E-state index contributed by atoms with van der Waals surface area (Å²) in [5.74, 6) is 1.03. The molecular weight excluding hydrogens is 294 g/mol. The zero-order chi connectivity index (χ0) is 15.0. The number of hydrogen-bond donors (Lipinski definition) is 1. The maximum Gasteiger partial charge on any atom is 0.193 e. The van der Waals surface area contributed by atoms with Crippen molar-refractivity contribution in [1.29, 1.82) is 0 Å². The van der Waals surface area contributed by atoms with Gasteiger partial charge in [0.25, 0.3) is 0 Å². The summed E-state index contributed by atoms with van der Waals surface area (Å²) in [5, 5.41) is 5.55. The number of imidazole rings is 1. The molecule has 2 aromatic rings. The molecule has 118 valence electrons. The lowest BCUT2D eigenvalue weighted by atomic mass is 9.86. The lowest BCUT2D eigenvalue weighted by Gasteiger charge is -2.25. The summed E-state index contributed by atoms with van der Waals surface area (Å²) in [7, 11) is 1.88. The molecule has 6 heteroatoms. The molecule has 0 aromatic carbocycles. The quantitative estimate of drug-likeness (QED) is 0.684. The van der Waals surface area contributed by atoms with Crippen LogP contribution in [0.1, 0.15) is 37.8 Å². The van der Waals surface area contributed by atoms with E-state index < -0.39 is 0 Å². The van der Waals surface area contributed by atoms with Crippen LogP contribution in [0, 0.1) is 5.41 Å². The van der Waals surface area contributed by atoms with Crippen molar-refractivity contribution in [1.82, 2.24) is 19.6 Å². The summed E-state index contributed by atoms with van der Waals surface area (Å²) in [6, 6.07) is 0. The van der Waals surface area contributed by atoms with E-state index in [9.17, 15) is 0 Å². The van der Waals surface area contributed by atoms with Crippen molar-refractivity contribution in [3.8, 4) is 0 Å². The van der Waals surface area contributed by atoms with Gasteiger partial charge in [-0.05, 0) is 24.7 Å². The van der Waals surface area contributed by atoms with Crippen LogP contribution in [-0.4, -0.2) is 40.4 Å². The van der Waals surface area contributed by atoms with Gasteiger partial charge in [-0.3, -0.25) is 9.39 Å². The zero-order valence-electron chi connectivity index (χ0n) is 13.1. The molecule has 0 amide bonds. The Kier molecular flexibility index (Phi) is 3.56. The Balaban J connectivity index is 1.39. The number of nitrogens with one attached hydrogen (secondary N) is 1. The van der Waals surface area contributed by atoms with Gasteiger partial charge < -0.3 is 10.2 Å². The Hall–Kier alpha value is -1.56. The second-order valence-corrected chi connectivity index (χ2v) is 7.48. The topological polar surface area (TPSA) is 44.9 Å².